The molecule has 0 amide bonds. The van der Waals surface area contributed by atoms with Crippen LogP contribution in [0.2, 0.25) is 0 Å². The molecule has 1 aliphatic heterocycles. The van der Waals surface area contributed by atoms with Gasteiger partial charge in [0.05, 0.1) is 12.9 Å². The Labute approximate surface area is 73.7 Å². The molecular formula is C5H8ArO. The molecule has 0 fully saturated rings. The summed E-state index contributed by atoms with van der Waals surface area (Å²) in [6, 6.07) is 0. The normalized spacial score (nSPS) is 17.1. The summed E-state index contributed by atoms with van der Waals surface area (Å²) < 4.78 is 4.89. The van der Waals surface area contributed by atoms with Crippen molar-refractivity contribution >= 4 is 0 Å². The van der Waals surface area contributed by atoms with Gasteiger partial charge in [-0.05, 0) is 18.9 Å². The number of rotatable bonds is 0. The Balaban J connectivity index is 0.000000360. The molecule has 0 aromatic heterocycles. The van der Waals surface area contributed by atoms with E-state index in [2.05, 4.69) is 0 Å². The summed E-state index contributed by atoms with van der Waals surface area (Å²) in [7, 11) is 0. The van der Waals surface area contributed by atoms with Crippen LogP contribution in [-0.4, -0.2) is 6.61 Å². The van der Waals surface area contributed by atoms with Gasteiger partial charge in [0.1, 0.15) is 0 Å². The number of hydrogen-bond acceptors (Lipinski definition) is 1. The van der Waals surface area contributed by atoms with Crippen LogP contribution in [0.4, 0.5) is 0 Å². The van der Waals surface area contributed by atoms with Gasteiger partial charge in [-0.15, -0.1) is 0 Å². The van der Waals surface area contributed by atoms with Crippen LogP contribution >= 0.6 is 0 Å². The fourth-order valence-electron chi connectivity index (χ4n) is 0.489. The minimum atomic E-state index is 0. The Morgan fingerprint density at radius 2 is 2.29 bits per heavy atom. The first kappa shape index (κ1) is 7.80. The zero-order valence-corrected chi connectivity index (χ0v) is 4.74. The Bertz CT molecular complexity index is 53.1. The Kier molecular flexibility index (Phi) is 5.51. The summed E-state index contributed by atoms with van der Waals surface area (Å²) in [5.74, 6) is 0. The SMILES string of the molecule is C1=COCCC1.[Ar]. The molecule has 0 aromatic carbocycles. The van der Waals surface area contributed by atoms with Gasteiger partial charge in [-0.1, -0.05) is 0 Å². The standard InChI is InChI=1S/C5H8O.Ar/c1-2-4-6-5-3-1;/h2,4H,1,3,5H2;. The van der Waals surface area contributed by atoms with E-state index in [0.29, 0.717) is 0 Å². The molecule has 0 unspecified atom stereocenters. The molecule has 0 atom stereocenters. The van der Waals surface area contributed by atoms with E-state index in [1.807, 2.05) is 6.08 Å². The third-order valence-electron chi connectivity index (χ3n) is 0.825. The van der Waals surface area contributed by atoms with Gasteiger partial charge in [-0.25, -0.2) is 0 Å². The second-order valence-electron chi connectivity index (χ2n) is 1.38. The predicted molar refractivity (Wildman–Crippen MR) is 24.3 cm³/mol. The van der Waals surface area contributed by atoms with Gasteiger partial charge >= 0.3 is 0 Å². The van der Waals surface area contributed by atoms with Crippen molar-refractivity contribution in [1.29, 1.82) is 0 Å². The summed E-state index contributed by atoms with van der Waals surface area (Å²) in [5, 5.41) is 0. The second-order valence-corrected chi connectivity index (χ2v) is 1.38. The molecule has 0 saturated carbocycles. The number of allylic oxidation sites excluding steroid dienone is 1. The van der Waals surface area contributed by atoms with E-state index in [-0.39, 0.29) is 37.7 Å². The molecule has 1 nitrogen and oxygen atoms in total. The van der Waals surface area contributed by atoms with E-state index in [1.54, 1.807) is 6.26 Å². The summed E-state index contributed by atoms with van der Waals surface area (Å²) >= 11 is 0. The molecule has 0 spiro atoms. The van der Waals surface area contributed by atoms with Crippen molar-refractivity contribution in [2.75, 3.05) is 6.61 Å². The molecule has 0 saturated heterocycles. The van der Waals surface area contributed by atoms with Crippen molar-refractivity contribution in [3.05, 3.63) is 12.3 Å². The Morgan fingerprint density at radius 1 is 1.43 bits per heavy atom. The average molecular weight is 124 g/mol. The third kappa shape index (κ3) is 3.39. The van der Waals surface area contributed by atoms with E-state index < -0.39 is 0 Å². The third-order valence-corrected chi connectivity index (χ3v) is 0.825. The van der Waals surface area contributed by atoms with E-state index in [1.165, 1.54) is 12.8 Å². The molecule has 1 rings (SSSR count). The van der Waals surface area contributed by atoms with Gasteiger partial charge in [-0.2, -0.15) is 0 Å². The molecular weight excluding hydrogens is 116 g/mol. The Hall–Kier alpha value is 0.800. The quantitative estimate of drug-likeness (QED) is 0.473. The minimum Gasteiger partial charge on any atom is -0.502 e. The first-order valence-electron chi connectivity index (χ1n) is 2.27. The van der Waals surface area contributed by atoms with Crippen molar-refractivity contribution in [2.24, 2.45) is 0 Å². The molecule has 0 aliphatic carbocycles. The van der Waals surface area contributed by atoms with Crippen LogP contribution in [0.25, 0.3) is 0 Å². The van der Waals surface area contributed by atoms with Crippen molar-refractivity contribution in [1.82, 2.24) is 0 Å². The van der Waals surface area contributed by atoms with E-state index in [9.17, 15) is 0 Å². The molecule has 7 heavy (non-hydrogen) atoms. The maximum absolute atomic E-state index is 4.89. The average Bonchev–Trinajstić information content (AvgIpc) is 1.72. The largest absolute Gasteiger partial charge is 0.502 e. The molecule has 0 bridgehead atoms. The summed E-state index contributed by atoms with van der Waals surface area (Å²) in [5.41, 5.74) is 0. The maximum Gasteiger partial charge on any atom is 0.0876 e. The topological polar surface area (TPSA) is 9.23 Å². The monoisotopic (exact) mass is 124 g/mol. The van der Waals surface area contributed by atoms with Crippen LogP contribution in [0.3, 0.4) is 0 Å². The van der Waals surface area contributed by atoms with Gasteiger partial charge in [0.15, 0.2) is 0 Å². The zero-order valence-electron chi connectivity index (χ0n) is 4.04. The molecule has 1 heterocycles. The molecule has 1 aliphatic rings. The molecule has 0 N–H and O–H groups in total. The summed E-state index contributed by atoms with van der Waals surface area (Å²) in [4.78, 5) is 0. The van der Waals surface area contributed by atoms with Gasteiger partial charge < -0.3 is 4.74 Å². The molecule has 42 valence electrons. The van der Waals surface area contributed by atoms with E-state index >= 15 is 0 Å². The molecule has 0 aromatic rings. The predicted octanol–water partition coefficient (Wildman–Crippen LogP) is 1.31. The zero-order chi connectivity index (χ0) is 4.24. The second kappa shape index (κ2) is 4.95. The fourth-order valence-corrected chi connectivity index (χ4v) is 0.489. The first-order chi connectivity index (χ1) is 3.00. The van der Waals surface area contributed by atoms with Crippen LogP contribution in [0.1, 0.15) is 12.8 Å². The van der Waals surface area contributed by atoms with Gasteiger partial charge in [0.2, 0.25) is 0 Å². The summed E-state index contributed by atoms with van der Waals surface area (Å²) in [6.45, 7) is 0.913. The first-order valence-corrected chi connectivity index (χ1v) is 2.27. The number of hydrogen-bond donors (Lipinski definition) is 0. The minimum absolute atomic E-state index is 0. The Morgan fingerprint density at radius 3 is 2.43 bits per heavy atom. The van der Waals surface area contributed by atoms with E-state index in [0.717, 1.165) is 6.61 Å². The van der Waals surface area contributed by atoms with Crippen molar-refractivity contribution in [2.45, 2.75) is 12.8 Å². The smallest absolute Gasteiger partial charge is 0.0876 e. The van der Waals surface area contributed by atoms with Crippen molar-refractivity contribution in [3.8, 4) is 0 Å². The number of ether oxygens (including phenoxy) is 1. The van der Waals surface area contributed by atoms with Crippen molar-refractivity contribution in [3.63, 3.8) is 0 Å². The maximum atomic E-state index is 4.89. The fraction of sp³-hybridized carbons (Fsp3) is 0.600. The molecule has 0 radical (unpaired) electrons. The molecule has 2 heteroatoms. The summed E-state index contributed by atoms with van der Waals surface area (Å²) in [6.07, 6.45) is 6.20. The van der Waals surface area contributed by atoms with Crippen LogP contribution in [0.5, 0.6) is 0 Å². The van der Waals surface area contributed by atoms with Gasteiger partial charge in [0, 0.05) is 37.7 Å². The van der Waals surface area contributed by atoms with Gasteiger partial charge in [0.25, 0.3) is 0 Å². The van der Waals surface area contributed by atoms with Crippen LogP contribution in [0.15, 0.2) is 12.3 Å². The van der Waals surface area contributed by atoms with Crippen LogP contribution in [0, 0.1) is 37.7 Å². The van der Waals surface area contributed by atoms with Crippen molar-refractivity contribution < 1.29 is 42.5 Å². The van der Waals surface area contributed by atoms with Crippen LogP contribution < -0.4 is 0 Å². The van der Waals surface area contributed by atoms with E-state index in [4.69, 9.17) is 4.74 Å². The van der Waals surface area contributed by atoms with Gasteiger partial charge in [-0.3, -0.25) is 0 Å². The van der Waals surface area contributed by atoms with Crippen LogP contribution in [-0.2, 0) is 4.74 Å².